The summed E-state index contributed by atoms with van der Waals surface area (Å²) < 4.78 is 11.9. The van der Waals surface area contributed by atoms with E-state index in [1.54, 1.807) is 23.9 Å². The van der Waals surface area contributed by atoms with Crippen LogP contribution >= 0.6 is 11.6 Å². The van der Waals surface area contributed by atoms with Gasteiger partial charge in [0, 0.05) is 67.2 Å². The average molecular weight is 642 g/mol. The first-order chi connectivity index (χ1) is 22.0. The van der Waals surface area contributed by atoms with Gasteiger partial charge < -0.3 is 23.9 Å². The van der Waals surface area contributed by atoms with Gasteiger partial charge in [0.2, 0.25) is 0 Å². The molecule has 1 N–H and O–H groups in total. The van der Waals surface area contributed by atoms with Crippen LogP contribution in [0.3, 0.4) is 0 Å². The molecule has 1 amide bonds. The van der Waals surface area contributed by atoms with Gasteiger partial charge in [0.15, 0.2) is 0 Å². The highest BCUT2D eigenvalue weighted by atomic mass is 35.5. The number of fused-ring (bicyclic) bond motifs is 3. The lowest BCUT2D eigenvalue weighted by atomic mass is 9.98. The fraction of sp³-hybridized carbons (Fsp3) is 0.361. The maximum absolute atomic E-state index is 14.5. The van der Waals surface area contributed by atoms with Gasteiger partial charge in [-0.2, -0.15) is 5.10 Å². The molecule has 0 bridgehead atoms. The zero-order valence-corrected chi connectivity index (χ0v) is 28.0. The van der Waals surface area contributed by atoms with Crippen molar-refractivity contribution < 1.29 is 19.4 Å². The fourth-order valence-electron chi connectivity index (χ4n) is 6.97. The lowest BCUT2D eigenvalue weighted by molar-refractivity contribution is 0.0686. The van der Waals surface area contributed by atoms with Crippen LogP contribution in [0.25, 0.3) is 22.0 Å². The summed E-state index contributed by atoms with van der Waals surface area (Å²) in [5.41, 5.74) is 9.92. The van der Waals surface area contributed by atoms with E-state index < -0.39 is 5.97 Å². The van der Waals surface area contributed by atoms with Crippen molar-refractivity contribution in [1.82, 2.24) is 23.8 Å². The molecule has 0 saturated carbocycles. The molecular weight excluding hydrogens is 602 g/mol. The maximum atomic E-state index is 14.5. The molecule has 9 nitrogen and oxygen atoms in total. The van der Waals surface area contributed by atoms with Crippen molar-refractivity contribution in [1.29, 1.82) is 0 Å². The number of benzene rings is 2. The minimum atomic E-state index is -0.988. The first kappa shape index (κ1) is 31.5. The summed E-state index contributed by atoms with van der Waals surface area (Å²) in [7, 11) is 3.67. The number of aromatic nitrogens is 4. The van der Waals surface area contributed by atoms with Crippen molar-refractivity contribution in [2.24, 2.45) is 14.1 Å². The summed E-state index contributed by atoms with van der Waals surface area (Å²) in [5, 5.41) is 16.1. The number of nitrogens with zero attached hydrogens (tertiary/aromatic N) is 5. The minimum Gasteiger partial charge on any atom is -0.494 e. The van der Waals surface area contributed by atoms with Crippen molar-refractivity contribution in [2.45, 2.75) is 60.0 Å². The molecule has 5 aromatic rings. The highest BCUT2D eigenvalue weighted by Gasteiger charge is 2.31. The van der Waals surface area contributed by atoms with E-state index in [0.717, 1.165) is 79.3 Å². The van der Waals surface area contributed by atoms with Crippen LogP contribution in [-0.4, -0.2) is 53.9 Å². The Bertz CT molecular complexity index is 1980. The second-order valence-electron chi connectivity index (χ2n) is 12.4. The first-order valence-electron chi connectivity index (χ1n) is 15.7. The topological polar surface area (TPSA) is 94.5 Å². The van der Waals surface area contributed by atoms with Crippen molar-refractivity contribution in [3.8, 4) is 16.9 Å². The van der Waals surface area contributed by atoms with E-state index in [1.165, 1.54) is 0 Å². The van der Waals surface area contributed by atoms with Crippen LogP contribution < -0.4 is 4.74 Å². The van der Waals surface area contributed by atoms with Crippen LogP contribution in [0.4, 0.5) is 0 Å². The molecule has 240 valence electrons. The Morgan fingerprint density at radius 1 is 1.07 bits per heavy atom. The number of carboxylic acids is 1. The van der Waals surface area contributed by atoms with Crippen LogP contribution in [-0.2, 0) is 33.6 Å². The van der Waals surface area contributed by atoms with Gasteiger partial charge in [0.05, 0.1) is 17.8 Å². The number of halogens is 1. The number of amides is 1. The third-order valence-corrected chi connectivity index (χ3v) is 9.76. The molecule has 0 atom stereocenters. The predicted molar refractivity (Wildman–Crippen MR) is 180 cm³/mol. The molecule has 10 heteroatoms. The van der Waals surface area contributed by atoms with E-state index in [-0.39, 0.29) is 11.6 Å². The smallest absolute Gasteiger partial charge is 0.352 e. The standard InChI is InChI=1S/C36H40ClN5O4/c1-21-16-26(17-22(2)32(21)37)46-15-8-12-28-27-10-7-11-29(31-23(3)38-40(6)24(31)4)33(27)42-14-9-13-41(35(43)34(28)42)20-25-18-30(36(44)45)39(5)19-25/h7,10-11,16-19H,8-9,12-15,20H2,1-6H3,(H,44,45). The number of para-hydroxylation sites is 1. The number of ether oxygens (including phenoxy) is 1. The monoisotopic (exact) mass is 641 g/mol. The molecule has 0 spiro atoms. The molecule has 4 heterocycles. The van der Waals surface area contributed by atoms with Crippen molar-refractivity contribution in [3.05, 3.63) is 92.6 Å². The fourth-order valence-corrected chi connectivity index (χ4v) is 7.08. The summed E-state index contributed by atoms with van der Waals surface area (Å²) in [6, 6.07) is 11.9. The predicted octanol–water partition coefficient (Wildman–Crippen LogP) is 7.02. The summed E-state index contributed by atoms with van der Waals surface area (Å²) in [5.74, 6) is -0.242. The van der Waals surface area contributed by atoms with E-state index >= 15 is 0 Å². The van der Waals surface area contributed by atoms with Gasteiger partial charge in [0.25, 0.3) is 5.91 Å². The van der Waals surface area contributed by atoms with Crippen molar-refractivity contribution in [2.75, 3.05) is 13.2 Å². The van der Waals surface area contributed by atoms with E-state index in [4.69, 9.17) is 21.4 Å². The van der Waals surface area contributed by atoms with Gasteiger partial charge in [-0.25, -0.2) is 4.79 Å². The normalized spacial score (nSPS) is 13.4. The van der Waals surface area contributed by atoms with Gasteiger partial charge in [-0.3, -0.25) is 9.48 Å². The van der Waals surface area contributed by atoms with Gasteiger partial charge in [-0.05, 0) is 87.4 Å². The average Bonchev–Trinajstić information content (AvgIpc) is 3.58. The SMILES string of the molecule is Cc1cc(OCCCc2c3n(c4c(-c5c(C)nn(C)c5C)cccc24)CCCN(Cc2cc(C(=O)O)n(C)c2)C3=O)cc(C)c1Cl. The molecular formula is C36H40ClN5O4. The number of carboxylic acid groups (broad SMARTS) is 1. The number of aromatic carboxylic acids is 1. The van der Waals surface area contributed by atoms with Crippen LogP contribution in [0.5, 0.6) is 5.75 Å². The Balaban J connectivity index is 1.40. The Morgan fingerprint density at radius 3 is 2.46 bits per heavy atom. The number of carbonyl (C=O) groups is 2. The van der Waals surface area contributed by atoms with Crippen molar-refractivity contribution >= 4 is 34.4 Å². The largest absolute Gasteiger partial charge is 0.494 e. The Morgan fingerprint density at radius 2 is 1.80 bits per heavy atom. The maximum Gasteiger partial charge on any atom is 0.352 e. The Labute approximate surface area is 273 Å². The summed E-state index contributed by atoms with van der Waals surface area (Å²) in [6.07, 6.45) is 3.95. The summed E-state index contributed by atoms with van der Waals surface area (Å²) in [6.45, 7) is 10.2. The minimum absolute atomic E-state index is 0.0418. The number of aryl methyl sites for hydroxylation is 7. The van der Waals surface area contributed by atoms with Crippen LogP contribution in [0, 0.1) is 27.7 Å². The second-order valence-corrected chi connectivity index (χ2v) is 12.8. The molecule has 1 aliphatic rings. The third-order valence-electron chi connectivity index (χ3n) is 9.17. The molecule has 0 aliphatic carbocycles. The van der Waals surface area contributed by atoms with Gasteiger partial charge >= 0.3 is 5.97 Å². The number of carbonyl (C=O) groups excluding carboxylic acids is 1. The van der Waals surface area contributed by atoms with Crippen LogP contribution in [0.15, 0.2) is 42.6 Å². The number of rotatable bonds is 9. The van der Waals surface area contributed by atoms with Crippen molar-refractivity contribution in [3.63, 3.8) is 0 Å². The molecule has 0 unspecified atom stereocenters. The van der Waals surface area contributed by atoms with Gasteiger partial charge in [0.1, 0.15) is 17.1 Å². The van der Waals surface area contributed by atoms with Gasteiger partial charge in [-0.15, -0.1) is 0 Å². The molecule has 3 aromatic heterocycles. The molecule has 0 fully saturated rings. The quantitative estimate of drug-likeness (QED) is 0.175. The third kappa shape index (κ3) is 5.57. The number of hydrogen-bond acceptors (Lipinski definition) is 4. The highest BCUT2D eigenvalue weighted by molar-refractivity contribution is 6.32. The Hall–Kier alpha value is -4.50. The zero-order chi connectivity index (χ0) is 32.9. The molecule has 1 aliphatic heterocycles. The Kier molecular flexibility index (Phi) is 8.46. The van der Waals surface area contributed by atoms with E-state index in [0.29, 0.717) is 38.4 Å². The lowest BCUT2D eigenvalue weighted by Crippen LogP contribution is -2.31. The van der Waals surface area contributed by atoms with Crippen LogP contribution in [0.2, 0.25) is 5.02 Å². The molecule has 2 aromatic carbocycles. The van der Waals surface area contributed by atoms with Gasteiger partial charge in [-0.1, -0.05) is 29.8 Å². The van der Waals surface area contributed by atoms with E-state index in [1.807, 2.05) is 49.5 Å². The van der Waals surface area contributed by atoms with E-state index in [9.17, 15) is 14.7 Å². The van der Waals surface area contributed by atoms with E-state index in [2.05, 4.69) is 29.7 Å². The van der Waals surface area contributed by atoms with Crippen LogP contribution in [0.1, 0.15) is 67.5 Å². The molecule has 6 rings (SSSR count). The molecule has 46 heavy (non-hydrogen) atoms. The lowest BCUT2D eigenvalue weighted by Gasteiger charge is -2.20. The molecule has 0 saturated heterocycles. The second kappa shape index (κ2) is 12.4. The first-order valence-corrected chi connectivity index (χ1v) is 16.1. The summed E-state index contributed by atoms with van der Waals surface area (Å²) >= 11 is 6.37. The zero-order valence-electron chi connectivity index (χ0n) is 27.3. The summed E-state index contributed by atoms with van der Waals surface area (Å²) in [4.78, 5) is 28.1. The number of hydrogen-bond donors (Lipinski definition) is 1. The highest BCUT2D eigenvalue weighted by Crippen LogP contribution is 2.39. The molecule has 0 radical (unpaired) electrons.